The molecule has 0 atom stereocenters. The van der Waals surface area contributed by atoms with Gasteiger partial charge in [-0.3, -0.25) is 9.59 Å². The summed E-state index contributed by atoms with van der Waals surface area (Å²) >= 11 is 0. The van der Waals surface area contributed by atoms with Gasteiger partial charge in [-0.15, -0.1) is 0 Å². The number of nitrogens with two attached hydrogens (primary N) is 1. The molecule has 0 spiro atoms. The molecule has 0 fully saturated rings. The fraction of sp³-hybridized carbons (Fsp3) is 0.294. The maximum Gasteiger partial charge on any atom is 0.310 e. The second-order valence-electron chi connectivity index (χ2n) is 4.90. The molecule has 0 saturated heterocycles. The molecule has 0 saturated carbocycles. The molecular formula is C17H19NO4. The van der Waals surface area contributed by atoms with Crippen LogP contribution in [0.25, 0.3) is 10.8 Å². The number of anilines is 1. The number of rotatable bonds is 4. The molecule has 5 heteroatoms. The number of hydrogen-bond acceptors (Lipinski definition) is 5. The van der Waals surface area contributed by atoms with Gasteiger partial charge in [-0.2, -0.15) is 0 Å². The molecule has 0 aliphatic rings. The molecular weight excluding hydrogens is 282 g/mol. The smallest absolute Gasteiger partial charge is 0.310 e. The van der Waals surface area contributed by atoms with E-state index in [0.717, 1.165) is 0 Å². The highest BCUT2D eigenvalue weighted by Gasteiger charge is 2.20. The van der Waals surface area contributed by atoms with Gasteiger partial charge in [0.15, 0.2) is 5.75 Å². The van der Waals surface area contributed by atoms with Crippen LogP contribution in [0.4, 0.5) is 5.69 Å². The number of nitrogen functional groups attached to an aromatic ring is 1. The van der Waals surface area contributed by atoms with Crippen molar-refractivity contribution in [1.29, 1.82) is 0 Å². The van der Waals surface area contributed by atoms with Crippen LogP contribution in [-0.2, 0) is 9.59 Å². The average molecular weight is 301 g/mol. The molecule has 22 heavy (non-hydrogen) atoms. The normalized spacial score (nSPS) is 10.5. The highest BCUT2D eigenvalue weighted by atomic mass is 16.5. The summed E-state index contributed by atoms with van der Waals surface area (Å²) in [7, 11) is 0. The van der Waals surface area contributed by atoms with Crippen molar-refractivity contribution in [3.05, 3.63) is 29.8 Å². The summed E-state index contributed by atoms with van der Waals surface area (Å²) in [4.78, 5) is 23.3. The Bertz CT molecular complexity index is 675. The van der Waals surface area contributed by atoms with Gasteiger partial charge in [0.05, 0.1) is 5.69 Å². The molecule has 5 nitrogen and oxygen atoms in total. The highest BCUT2D eigenvalue weighted by molar-refractivity contribution is 6.01. The lowest BCUT2D eigenvalue weighted by molar-refractivity contribution is -0.135. The Kier molecular flexibility index (Phi) is 4.65. The van der Waals surface area contributed by atoms with E-state index in [2.05, 4.69) is 0 Å². The molecule has 0 unspecified atom stereocenters. The maximum absolute atomic E-state index is 11.6. The van der Waals surface area contributed by atoms with Crippen LogP contribution in [0.5, 0.6) is 11.5 Å². The third-order valence-electron chi connectivity index (χ3n) is 3.41. The van der Waals surface area contributed by atoms with Crippen LogP contribution in [0.3, 0.4) is 0 Å². The second kappa shape index (κ2) is 6.47. The highest BCUT2D eigenvalue weighted by Crippen LogP contribution is 2.42. The van der Waals surface area contributed by atoms with E-state index in [0.29, 0.717) is 33.5 Å². The van der Waals surface area contributed by atoms with Crippen molar-refractivity contribution < 1.29 is 19.1 Å². The fourth-order valence-corrected chi connectivity index (χ4v) is 2.13. The topological polar surface area (TPSA) is 78.6 Å². The molecule has 0 radical (unpaired) electrons. The predicted molar refractivity (Wildman–Crippen MR) is 84.9 cm³/mol. The molecule has 0 aliphatic carbocycles. The molecule has 2 N–H and O–H groups in total. The summed E-state index contributed by atoms with van der Waals surface area (Å²) < 4.78 is 10.8. The Morgan fingerprint density at radius 3 is 1.91 bits per heavy atom. The molecule has 0 amide bonds. The summed E-state index contributed by atoms with van der Waals surface area (Å²) in [6.07, 6.45) is 0.514. The van der Waals surface area contributed by atoms with Crippen molar-refractivity contribution in [3.8, 4) is 11.5 Å². The largest absolute Gasteiger partial charge is 0.425 e. The van der Waals surface area contributed by atoms with Gasteiger partial charge < -0.3 is 15.2 Å². The Morgan fingerprint density at radius 1 is 0.955 bits per heavy atom. The number of hydrogen-bond donors (Lipinski definition) is 1. The first-order valence-electron chi connectivity index (χ1n) is 7.21. The van der Waals surface area contributed by atoms with Crippen LogP contribution in [-0.4, -0.2) is 11.9 Å². The van der Waals surface area contributed by atoms with E-state index in [1.165, 1.54) is 0 Å². The zero-order valence-electron chi connectivity index (χ0n) is 12.9. The number of benzene rings is 2. The van der Waals surface area contributed by atoms with Crippen molar-refractivity contribution in [3.63, 3.8) is 0 Å². The monoisotopic (exact) mass is 301 g/mol. The van der Waals surface area contributed by atoms with Gasteiger partial charge in [-0.05, 0) is 6.92 Å². The molecule has 116 valence electrons. The molecule has 2 aromatic rings. The Hall–Kier alpha value is -2.56. The van der Waals surface area contributed by atoms with E-state index >= 15 is 0 Å². The van der Waals surface area contributed by atoms with Gasteiger partial charge in [-0.1, -0.05) is 38.1 Å². The van der Waals surface area contributed by atoms with Crippen molar-refractivity contribution in [1.82, 2.24) is 0 Å². The Morgan fingerprint density at radius 2 is 1.41 bits per heavy atom. The summed E-state index contributed by atoms with van der Waals surface area (Å²) in [6.45, 7) is 5.18. The Labute approximate surface area is 129 Å². The zero-order chi connectivity index (χ0) is 16.3. The van der Waals surface area contributed by atoms with E-state index in [4.69, 9.17) is 15.2 Å². The van der Waals surface area contributed by atoms with Gasteiger partial charge in [0.1, 0.15) is 5.75 Å². The summed E-state index contributed by atoms with van der Waals surface area (Å²) in [5.74, 6) is 0.0213. The maximum atomic E-state index is 11.6. The van der Waals surface area contributed by atoms with Gasteiger partial charge in [0.25, 0.3) is 0 Å². The Balaban J connectivity index is 2.69. The lowest BCUT2D eigenvalue weighted by Gasteiger charge is -2.17. The fourth-order valence-electron chi connectivity index (χ4n) is 2.13. The van der Waals surface area contributed by atoms with Gasteiger partial charge in [-0.25, -0.2) is 0 Å². The zero-order valence-corrected chi connectivity index (χ0v) is 12.9. The quantitative estimate of drug-likeness (QED) is 0.532. The number of carbonyl (C=O) groups excluding carboxylic acids is 2. The first-order valence-corrected chi connectivity index (χ1v) is 7.21. The first-order chi connectivity index (χ1) is 10.5. The van der Waals surface area contributed by atoms with Crippen molar-refractivity contribution in [2.45, 2.75) is 33.6 Å². The van der Waals surface area contributed by atoms with Crippen LogP contribution in [0.2, 0.25) is 0 Å². The predicted octanol–water partition coefficient (Wildman–Crippen LogP) is 3.36. The van der Waals surface area contributed by atoms with Crippen LogP contribution in [0.15, 0.2) is 24.3 Å². The number of ether oxygens (including phenoxy) is 2. The number of carbonyl (C=O) groups is 2. The van der Waals surface area contributed by atoms with Crippen LogP contribution < -0.4 is 15.2 Å². The third-order valence-corrected chi connectivity index (χ3v) is 3.41. The molecule has 2 aromatic carbocycles. The SMILES string of the molecule is CCC(=O)Oc1c(C)c(N)c(OC(=O)CC)c2ccccc12. The van der Waals surface area contributed by atoms with Crippen molar-refractivity contribution in [2.75, 3.05) is 5.73 Å². The van der Waals surface area contributed by atoms with E-state index in [1.807, 2.05) is 18.2 Å². The number of esters is 2. The molecule has 0 aromatic heterocycles. The minimum absolute atomic E-state index is 0.249. The molecule has 0 heterocycles. The van der Waals surface area contributed by atoms with Crippen LogP contribution >= 0.6 is 0 Å². The average Bonchev–Trinajstić information content (AvgIpc) is 2.54. The van der Waals surface area contributed by atoms with Crippen LogP contribution in [0.1, 0.15) is 32.3 Å². The lowest BCUT2D eigenvalue weighted by atomic mass is 10.0. The summed E-state index contributed by atoms with van der Waals surface area (Å²) in [6, 6.07) is 7.23. The van der Waals surface area contributed by atoms with Crippen LogP contribution in [0, 0.1) is 6.92 Å². The minimum atomic E-state index is -0.366. The van der Waals surface area contributed by atoms with E-state index in [9.17, 15) is 9.59 Å². The van der Waals surface area contributed by atoms with E-state index < -0.39 is 0 Å². The summed E-state index contributed by atoms with van der Waals surface area (Å²) in [5, 5.41) is 1.33. The molecule has 2 rings (SSSR count). The second-order valence-corrected chi connectivity index (χ2v) is 4.90. The third kappa shape index (κ3) is 2.88. The first kappa shape index (κ1) is 15.8. The van der Waals surface area contributed by atoms with Crippen molar-refractivity contribution in [2.24, 2.45) is 0 Å². The standard InChI is InChI=1S/C17H19NO4/c1-4-13(19)21-16-10(3)15(18)17(22-14(20)5-2)12-9-7-6-8-11(12)16/h6-9H,4-5,18H2,1-3H3. The van der Waals surface area contributed by atoms with Gasteiger partial charge >= 0.3 is 11.9 Å². The molecule has 0 aliphatic heterocycles. The summed E-state index contributed by atoms with van der Waals surface area (Å²) in [5.41, 5.74) is 6.99. The molecule has 0 bridgehead atoms. The van der Waals surface area contributed by atoms with E-state index in [1.54, 1.807) is 26.8 Å². The van der Waals surface area contributed by atoms with Gasteiger partial charge in [0, 0.05) is 29.2 Å². The van der Waals surface area contributed by atoms with Crippen molar-refractivity contribution >= 4 is 28.4 Å². The van der Waals surface area contributed by atoms with Gasteiger partial charge in [0.2, 0.25) is 0 Å². The number of fused-ring (bicyclic) bond motifs is 1. The van der Waals surface area contributed by atoms with E-state index in [-0.39, 0.29) is 24.8 Å². The lowest BCUT2D eigenvalue weighted by Crippen LogP contribution is -2.11. The minimum Gasteiger partial charge on any atom is -0.425 e.